The molecule has 130 valence electrons. The van der Waals surface area contributed by atoms with Gasteiger partial charge in [-0.15, -0.1) is 5.10 Å². The molecule has 0 bridgehead atoms. The zero-order chi connectivity index (χ0) is 18.7. The van der Waals surface area contributed by atoms with Gasteiger partial charge >= 0.3 is 0 Å². The molecular weight excluding hydrogens is 340 g/mol. The molecule has 1 heterocycles. The van der Waals surface area contributed by atoms with Gasteiger partial charge in [-0.1, -0.05) is 18.2 Å². The van der Waals surface area contributed by atoms with Crippen molar-refractivity contribution in [2.45, 2.75) is 0 Å². The van der Waals surface area contributed by atoms with Crippen LogP contribution in [-0.2, 0) is 0 Å². The predicted molar refractivity (Wildman–Crippen MR) is 90.9 cm³/mol. The lowest BCUT2D eigenvalue weighted by atomic mass is 10.2. The molecule has 0 aliphatic carbocycles. The van der Waals surface area contributed by atoms with Gasteiger partial charge in [-0.3, -0.25) is 19.7 Å². The molecule has 1 aromatic heterocycles. The summed E-state index contributed by atoms with van der Waals surface area (Å²) in [6.07, 6.45) is 0. The fourth-order valence-corrected chi connectivity index (χ4v) is 2.23. The number of nitrogens with one attached hydrogen (secondary N) is 1. The Morgan fingerprint density at radius 1 is 1.12 bits per heavy atom. The maximum Gasteiger partial charge on any atom is 0.271 e. The van der Waals surface area contributed by atoms with Gasteiger partial charge in [0.05, 0.1) is 4.92 Å². The topological polar surface area (TPSA) is 141 Å². The first kappa shape index (κ1) is 16.8. The largest absolute Gasteiger partial charge is 0.436 e. The molecule has 0 saturated carbocycles. The number of nitro groups is 1. The van der Waals surface area contributed by atoms with Crippen molar-refractivity contribution in [3.8, 4) is 0 Å². The first-order valence-corrected chi connectivity index (χ1v) is 7.37. The van der Waals surface area contributed by atoms with Crippen molar-refractivity contribution in [3.05, 3.63) is 81.4 Å². The van der Waals surface area contributed by atoms with Crippen LogP contribution < -0.4 is 16.7 Å². The quantitative estimate of drug-likeness (QED) is 0.543. The number of benzene rings is 2. The Labute approximate surface area is 145 Å². The van der Waals surface area contributed by atoms with Crippen molar-refractivity contribution in [2.24, 2.45) is 10.8 Å². The standard InChI is InChI=1S/C17H12N4O5/c18-15(22)13-9-11-3-1-2-4-14(11)26-17(13)20-19-16(23)10-5-7-12(8-6-10)21(24)25/h1-9H,(H2,18,22)(H,19,23). The van der Waals surface area contributed by atoms with Crippen LogP contribution in [0.3, 0.4) is 0 Å². The Bertz CT molecular complexity index is 1090. The number of rotatable bonds is 4. The van der Waals surface area contributed by atoms with Gasteiger partial charge in [-0.25, -0.2) is 5.43 Å². The Morgan fingerprint density at radius 2 is 1.81 bits per heavy atom. The number of non-ortho nitro benzene ring substituents is 1. The van der Waals surface area contributed by atoms with Crippen LogP contribution in [0.1, 0.15) is 20.7 Å². The zero-order valence-corrected chi connectivity index (χ0v) is 13.2. The summed E-state index contributed by atoms with van der Waals surface area (Å²) >= 11 is 0. The van der Waals surface area contributed by atoms with Crippen LogP contribution in [-0.4, -0.2) is 16.7 Å². The van der Waals surface area contributed by atoms with Crippen LogP contribution in [0.4, 0.5) is 5.69 Å². The number of nitro benzene ring substituents is 1. The molecule has 0 fully saturated rings. The molecule has 0 radical (unpaired) electrons. The van der Waals surface area contributed by atoms with Gasteiger partial charge in [-0.2, -0.15) is 0 Å². The number of nitrogens with zero attached hydrogens (tertiary/aromatic N) is 2. The Kier molecular flexibility index (Phi) is 4.44. The molecule has 0 aliphatic heterocycles. The molecule has 0 aliphatic rings. The van der Waals surface area contributed by atoms with E-state index in [9.17, 15) is 19.7 Å². The van der Waals surface area contributed by atoms with Gasteiger partial charge in [0.25, 0.3) is 17.5 Å². The summed E-state index contributed by atoms with van der Waals surface area (Å²) in [5.74, 6) is -1.39. The molecule has 3 N–H and O–H groups in total. The average molecular weight is 352 g/mol. The summed E-state index contributed by atoms with van der Waals surface area (Å²) in [5, 5.41) is 15.1. The third kappa shape index (κ3) is 3.41. The lowest BCUT2D eigenvalue weighted by Gasteiger charge is -2.02. The predicted octanol–water partition coefficient (Wildman–Crippen LogP) is 1.69. The highest BCUT2D eigenvalue weighted by atomic mass is 16.6. The highest BCUT2D eigenvalue weighted by Gasteiger charge is 2.11. The number of primary amides is 1. The fourth-order valence-electron chi connectivity index (χ4n) is 2.23. The van der Waals surface area contributed by atoms with Crippen LogP contribution in [0.15, 0.2) is 64.1 Å². The van der Waals surface area contributed by atoms with Gasteiger partial charge in [0.2, 0.25) is 5.55 Å². The first-order valence-electron chi connectivity index (χ1n) is 7.37. The number of hydrogen-bond donors (Lipinski definition) is 2. The van der Waals surface area contributed by atoms with E-state index >= 15 is 0 Å². The number of amides is 2. The summed E-state index contributed by atoms with van der Waals surface area (Å²) < 4.78 is 5.52. The van der Waals surface area contributed by atoms with Crippen molar-refractivity contribution in [1.82, 2.24) is 5.43 Å². The lowest BCUT2D eigenvalue weighted by Crippen LogP contribution is -2.27. The van der Waals surface area contributed by atoms with E-state index in [0.717, 1.165) is 0 Å². The van der Waals surface area contributed by atoms with Crippen molar-refractivity contribution in [3.63, 3.8) is 0 Å². The number of carbonyl (C=O) groups excluding carboxylic acids is 2. The smallest absolute Gasteiger partial charge is 0.271 e. The molecule has 3 aromatic rings. The number of fused-ring (bicyclic) bond motifs is 1. The van der Waals surface area contributed by atoms with Crippen LogP contribution >= 0.6 is 0 Å². The third-order valence-electron chi connectivity index (χ3n) is 3.52. The van der Waals surface area contributed by atoms with E-state index in [0.29, 0.717) is 11.0 Å². The minimum atomic E-state index is -0.761. The van der Waals surface area contributed by atoms with E-state index in [1.165, 1.54) is 30.3 Å². The van der Waals surface area contributed by atoms with Gasteiger partial charge < -0.3 is 10.2 Å². The van der Waals surface area contributed by atoms with Gasteiger partial charge in [0.1, 0.15) is 11.1 Å². The normalized spacial score (nSPS) is 11.3. The SMILES string of the molecule is NC(=O)c1cc2ccccc2oc1=NNC(=O)c1ccc([N+](=O)[O-])cc1. The fraction of sp³-hybridized carbons (Fsp3) is 0. The molecule has 0 atom stereocenters. The van der Waals surface area contributed by atoms with E-state index in [1.807, 2.05) is 0 Å². The van der Waals surface area contributed by atoms with Crippen molar-refractivity contribution in [1.29, 1.82) is 0 Å². The monoisotopic (exact) mass is 352 g/mol. The van der Waals surface area contributed by atoms with Crippen molar-refractivity contribution < 1.29 is 18.9 Å². The highest BCUT2D eigenvalue weighted by Crippen LogP contribution is 2.13. The van der Waals surface area contributed by atoms with Crippen LogP contribution in [0.5, 0.6) is 0 Å². The summed E-state index contributed by atoms with van der Waals surface area (Å²) in [4.78, 5) is 33.8. The summed E-state index contributed by atoms with van der Waals surface area (Å²) in [6, 6.07) is 13.4. The molecule has 0 spiro atoms. The second kappa shape index (κ2) is 6.85. The van der Waals surface area contributed by atoms with E-state index in [-0.39, 0.29) is 22.4 Å². The molecule has 2 aromatic carbocycles. The zero-order valence-electron chi connectivity index (χ0n) is 13.2. The number of carbonyl (C=O) groups is 2. The molecule has 0 unspecified atom stereocenters. The maximum atomic E-state index is 12.1. The van der Waals surface area contributed by atoms with E-state index < -0.39 is 16.7 Å². The van der Waals surface area contributed by atoms with E-state index in [1.54, 1.807) is 24.3 Å². The minimum Gasteiger partial charge on any atom is -0.436 e. The number of para-hydroxylation sites is 1. The molecule has 3 rings (SSSR count). The number of nitrogens with two attached hydrogens (primary N) is 1. The maximum absolute atomic E-state index is 12.1. The molecule has 0 saturated heterocycles. The number of hydrogen-bond acceptors (Lipinski definition) is 6. The highest BCUT2D eigenvalue weighted by molar-refractivity contribution is 5.96. The average Bonchev–Trinajstić information content (AvgIpc) is 2.65. The second-order valence-corrected chi connectivity index (χ2v) is 5.22. The van der Waals surface area contributed by atoms with Crippen molar-refractivity contribution >= 4 is 28.5 Å². The molecular formula is C17H12N4O5. The molecule has 2 amide bonds. The van der Waals surface area contributed by atoms with Crippen LogP contribution in [0.2, 0.25) is 0 Å². The van der Waals surface area contributed by atoms with Crippen LogP contribution in [0.25, 0.3) is 11.0 Å². The third-order valence-corrected chi connectivity index (χ3v) is 3.52. The summed E-state index contributed by atoms with van der Waals surface area (Å²) in [5.41, 5.74) is 7.90. The van der Waals surface area contributed by atoms with Crippen LogP contribution in [0, 0.1) is 10.1 Å². The Hall–Kier alpha value is -4.01. The molecule has 26 heavy (non-hydrogen) atoms. The molecule has 9 heteroatoms. The molecule has 9 nitrogen and oxygen atoms in total. The summed E-state index contributed by atoms with van der Waals surface area (Å²) in [6.45, 7) is 0. The van der Waals surface area contributed by atoms with Gasteiger partial charge in [-0.05, 0) is 24.3 Å². The Balaban J connectivity index is 1.94. The van der Waals surface area contributed by atoms with Gasteiger partial charge in [0.15, 0.2) is 0 Å². The summed E-state index contributed by atoms with van der Waals surface area (Å²) in [7, 11) is 0. The van der Waals surface area contributed by atoms with E-state index in [2.05, 4.69) is 10.5 Å². The Morgan fingerprint density at radius 3 is 2.46 bits per heavy atom. The minimum absolute atomic E-state index is 0.00713. The van der Waals surface area contributed by atoms with E-state index in [4.69, 9.17) is 10.2 Å². The van der Waals surface area contributed by atoms with Crippen molar-refractivity contribution in [2.75, 3.05) is 0 Å². The van der Waals surface area contributed by atoms with Gasteiger partial charge in [0, 0.05) is 23.1 Å². The second-order valence-electron chi connectivity index (χ2n) is 5.22. The first-order chi connectivity index (χ1) is 12.5. The lowest BCUT2D eigenvalue weighted by molar-refractivity contribution is -0.384.